The Morgan fingerprint density at radius 1 is 1.24 bits per heavy atom. The van der Waals surface area contributed by atoms with Crippen molar-refractivity contribution in [3.63, 3.8) is 0 Å². The third-order valence-electron chi connectivity index (χ3n) is 5.54. The minimum absolute atomic E-state index is 0.0177. The van der Waals surface area contributed by atoms with Gasteiger partial charge in [-0.2, -0.15) is 13.2 Å². The van der Waals surface area contributed by atoms with Crippen LogP contribution in [-0.4, -0.2) is 43.4 Å². The maximum Gasteiger partial charge on any atom is 0.416 e. The first kappa shape index (κ1) is 23.6. The van der Waals surface area contributed by atoms with Gasteiger partial charge in [0.25, 0.3) is 11.5 Å². The second-order valence-corrected chi connectivity index (χ2v) is 9.81. The van der Waals surface area contributed by atoms with Crippen LogP contribution in [0.2, 0.25) is 0 Å². The zero-order chi connectivity index (χ0) is 25.0. The lowest BCUT2D eigenvalue weighted by Crippen LogP contribution is -2.38. The summed E-state index contributed by atoms with van der Waals surface area (Å²) < 4.78 is 70.2. The molecule has 1 aliphatic rings. The number of carbonyl (C=O) groups is 1. The van der Waals surface area contributed by atoms with Crippen LogP contribution in [-0.2, 0) is 16.0 Å². The number of rotatable bonds is 4. The number of alkyl halides is 3. The second kappa shape index (κ2) is 8.05. The maximum absolute atomic E-state index is 13.4. The first-order chi connectivity index (χ1) is 15.8. The molecule has 2 heterocycles. The van der Waals surface area contributed by atoms with Crippen LogP contribution in [0.15, 0.2) is 46.1 Å². The number of sulfone groups is 1. The van der Waals surface area contributed by atoms with Gasteiger partial charge in [0.1, 0.15) is 23.7 Å². The van der Waals surface area contributed by atoms with Gasteiger partial charge in [0, 0.05) is 24.3 Å². The molecule has 0 radical (unpaired) electrons. The summed E-state index contributed by atoms with van der Waals surface area (Å²) >= 11 is 0. The number of benzene rings is 2. The number of halogens is 3. The highest BCUT2D eigenvalue weighted by Gasteiger charge is 2.34. The molecule has 4 rings (SSSR count). The summed E-state index contributed by atoms with van der Waals surface area (Å²) in [6.07, 6.45) is -3.60. The molecule has 0 saturated carbocycles. The SMILES string of the molecule is CCNC(=O)c1c(O)c2cc(S(C)(=O)=O)cc3c2n(c1=O)C(c1ccc(C(F)(F)F)cc1)CO3. The summed E-state index contributed by atoms with van der Waals surface area (Å²) in [5.41, 5.74) is -2.06. The number of ether oxygens (including phenoxy) is 1. The van der Waals surface area contributed by atoms with E-state index in [1.165, 1.54) is 18.2 Å². The van der Waals surface area contributed by atoms with E-state index in [1.54, 1.807) is 6.92 Å². The van der Waals surface area contributed by atoms with Crippen LogP contribution in [0, 0.1) is 0 Å². The largest absolute Gasteiger partial charge is 0.506 e. The quantitative estimate of drug-likeness (QED) is 0.574. The topological polar surface area (TPSA) is 115 Å². The van der Waals surface area contributed by atoms with Crippen LogP contribution in [0.1, 0.15) is 34.5 Å². The van der Waals surface area contributed by atoms with Crippen molar-refractivity contribution in [3.8, 4) is 11.5 Å². The van der Waals surface area contributed by atoms with Gasteiger partial charge in [0.2, 0.25) is 0 Å². The number of amides is 1. The number of pyridine rings is 1. The first-order valence-electron chi connectivity index (χ1n) is 10.1. The predicted molar refractivity (Wildman–Crippen MR) is 116 cm³/mol. The summed E-state index contributed by atoms with van der Waals surface area (Å²) in [5, 5.41) is 13.1. The molecule has 1 aliphatic heterocycles. The van der Waals surface area contributed by atoms with Crippen LogP contribution in [0.4, 0.5) is 13.2 Å². The molecule has 1 aromatic heterocycles. The van der Waals surface area contributed by atoms with Gasteiger partial charge in [0.15, 0.2) is 9.84 Å². The van der Waals surface area contributed by atoms with E-state index in [-0.39, 0.29) is 34.7 Å². The van der Waals surface area contributed by atoms with Crippen molar-refractivity contribution in [2.24, 2.45) is 0 Å². The Kier molecular flexibility index (Phi) is 5.59. The monoisotopic (exact) mass is 496 g/mol. The average molecular weight is 496 g/mol. The van der Waals surface area contributed by atoms with E-state index in [0.717, 1.165) is 29.0 Å². The van der Waals surface area contributed by atoms with Gasteiger partial charge < -0.3 is 15.2 Å². The molecule has 2 N–H and O–H groups in total. The molecule has 180 valence electrons. The number of hydrogen-bond acceptors (Lipinski definition) is 6. The fourth-order valence-corrected chi connectivity index (χ4v) is 4.58. The standard InChI is InChI=1S/C22H19F3N2O6S/c1-3-26-20(29)17-19(28)14-8-13(34(2,31)32)9-16-18(14)27(21(17)30)15(10-33-16)11-4-6-12(7-5-11)22(23,24)25/h4-9,15,28H,3,10H2,1-2H3,(H,26,29). The van der Waals surface area contributed by atoms with Crippen molar-refractivity contribution in [1.82, 2.24) is 9.88 Å². The number of carbonyl (C=O) groups excluding carboxylic acids is 1. The second-order valence-electron chi connectivity index (χ2n) is 7.79. The normalized spacial score (nSPS) is 15.7. The van der Waals surface area contributed by atoms with Crippen molar-refractivity contribution in [3.05, 3.63) is 63.4 Å². The number of aromatic hydroxyl groups is 1. The Balaban J connectivity index is 2.05. The highest BCUT2D eigenvalue weighted by Crippen LogP contribution is 2.41. The van der Waals surface area contributed by atoms with Crippen LogP contribution >= 0.6 is 0 Å². The number of nitrogens with zero attached hydrogens (tertiary/aromatic N) is 1. The van der Waals surface area contributed by atoms with Crippen molar-refractivity contribution >= 4 is 26.6 Å². The Bertz CT molecular complexity index is 1480. The van der Waals surface area contributed by atoms with E-state index in [9.17, 15) is 36.3 Å². The van der Waals surface area contributed by atoms with Crippen molar-refractivity contribution in [2.75, 3.05) is 19.4 Å². The highest BCUT2D eigenvalue weighted by molar-refractivity contribution is 7.90. The molecule has 1 atom stereocenters. The fourth-order valence-electron chi connectivity index (χ4n) is 3.93. The fraction of sp³-hybridized carbons (Fsp3) is 0.273. The number of hydrogen-bond donors (Lipinski definition) is 2. The van der Waals surface area contributed by atoms with E-state index in [0.29, 0.717) is 5.56 Å². The van der Waals surface area contributed by atoms with Crippen molar-refractivity contribution in [1.29, 1.82) is 0 Å². The number of nitrogens with one attached hydrogen (secondary N) is 1. The predicted octanol–water partition coefficient (Wildman–Crippen LogP) is 2.86. The molecule has 0 saturated heterocycles. The Hall–Kier alpha value is -3.54. The number of aromatic nitrogens is 1. The van der Waals surface area contributed by atoms with Gasteiger partial charge in [-0.25, -0.2) is 8.42 Å². The van der Waals surface area contributed by atoms with Crippen LogP contribution < -0.4 is 15.6 Å². The van der Waals surface area contributed by atoms with E-state index < -0.39 is 50.4 Å². The first-order valence-corrected chi connectivity index (χ1v) is 12.0. The van der Waals surface area contributed by atoms with Crippen molar-refractivity contribution in [2.45, 2.75) is 24.0 Å². The average Bonchev–Trinajstić information content (AvgIpc) is 2.76. The molecule has 0 aliphatic carbocycles. The van der Waals surface area contributed by atoms with Crippen LogP contribution in [0.3, 0.4) is 0 Å². The van der Waals surface area contributed by atoms with E-state index >= 15 is 0 Å². The molecule has 0 bridgehead atoms. The smallest absolute Gasteiger partial charge is 0.416 e. The molecule has 34 heavy (non-hydrogen) atoms. The van der Waals surface area contributed by atoms with E-state index in [4.69, 9.17) is 4.74 Å². The van der Waals surface area contributed by atoms with Crippen LogP contribution in [0.5, 0.6) is 11.5 Å². The molecule has 8 nitrogen and oxygen atoms in total. The van der Waals surface area contributed by atoms with E-state index in [1.807, 2.05) is 0 Å². The summed E-state index contributed by atoms with van der Waals surface area (Å²) in [6, 6.07) is 5.51. The molecule has 0 fully saturated rings. The zero-order valence-corrected chi connectivity index (χ0v) is 18.7. The Morgan fingerprint density at radius 3 is 2.44 bits per heavy atom. The third kappa shape index (κ3) is 3.87. The molecular weight excluding hydrogens is 477 g/mol. The molecular formula is C22H19F3N2O6S. The highest BCUT2D eigenvalue weighted by atomic mass is 32.2. The van der Waals surface area contributed by atoms with Gasteiger partial charge in [-0.05, 0) is 30.7 Å². The Labute approximate surface area is 191 Å². The minimum Gasteiger partial charge on any atom is -0.506 e. The summed E-state index contributed by atoms with van der Waals surface area (Å²) in [6.45, 7) is 1.53. The summed E-state index contributed by atoms with van der Waals surface area (Å²) in [7, 11) is -3.76. The lowest BCUT2D eigenvalue weighted by Gasteiger charge is -2.30. The molecule has 1 amide bonds. The van der Waals surface area contributed by atoms with Gasteiger partial charge in [-0.1, -0.05) is 12.1 Å². The summed E-state index contributed by atoms with van der Waals surface area (Å²) in [5.74, 6) is -1.61. The molecule has 0 spiro atoms. The molecule has 2 aromatic carbocycles. The molecule has 12 heteroatoms. The lowest BCUT2D eigenvalue weighted by molar-refractivity contribution is -0.137. The van der Waals surface area contributed by atoms with Gasteiger partial charge >= 0.3 is 6.18 Å². The molecule has 1 unspecified atom stereocenters. The van der Waals surface area contributed by atoms with Gasteiger partial charge in [-0.15, -0.1) is 0 Å². The zero-order valence-electron chi connectivity index (χ0n) is 17.9. The van der Waals surface area contributed by atoms with Gasteiger partial charge in [0.05, 0.1) is 22.0 Å². The van der Waals surface area contributed by atoms with Gasteiger partial charge in [-0.3, -0.25) is 14.2 Å². The van der Waals surface area contributed by atoms with Crippen molar-refractivity contribution < 1.29 is 36.2 Å². The Morgan fingerprint density at radius 2 is 1.88 bits per heavy atom. The maximum atomic E-state index is 13.4. The van der Waals surface area contributed by atoms with E-state index in [2.05, 4.69) is 5.32 Å². The third-order valence-corrected chi connectivity index (χ3v) is 6.63. The minimum atomic E-state index is -4.55. The molecule has 3 aromatic rings. The van der Waals surface area contributed by atoms with Crippen LogP contribution in [0.25, 0.3) is 10.9 Å². The summed E-state index contributed by atoms with van der Waals surface area (Å²) in [4.78, 5) is 25.8. The lowest BCUT2D eigenvalue weighted by atomic mass is 10.0.